The number of amides is 2. The van der Waals surface area contributed by atoms with E-state index in [1.165, 1.54) is 17.0 Å². The summed E-state index contributed by atoms with van der Waals surface area (Å²) in [6.07, 6.45) is -4.28. The van der Waals surface area contributed by atoms with E-state index in [-0.39, 0.29) is 55.3 Å². The Hall–Kier alpha value is -1.80. The monoisotopic (exact) mass is 365 g/mol. The standard InChI is InChI=1S/C15H18F3N3O2.ClH/c1-9(19)5-13(22)20-11-7-14(23)21(8-11)12-4-2-3-10(6-12)15(16,17)18;/h2-4,6,9,11H,5,7-8,19H2,1H3,(H,20,22);1H. The number of benzene rings is 1. The van der Waals surface area contributed by atoms with E-state index in [0.717, 1.165) is 12.1 Å². The van der Waals surface area contributed by atoms with Gasteiger partial charge in [-0.15, -0.1) is 12.4 Å². The van der Waals surface area contributed by atoms with E-state index >= 15 is 0 Å². The fourth-order valence-corrected chi connectivity index (χ4v) is 2.48. The van der Waals surface area contributed by atoms with Crippen LogP contribution in [0.4, 0.5) is 18.9 Å². The second-order valence-corrected chi connectivity index (χ2v) is 5.70. The van der Waals surface area contributed by atoms with Crippen LogP contribution >= 0.6 is 12.4 Å². The molecule has 1 aromatic rings. The first-order valence-electron chi connectivity index (χ1n) is 7.19. The Morgan fingerprint density at radius 3 is 2.71 bits per heavy atom. The maximum atomic E-state index is 12.7. The molecule has 1 aromatic carbocycles. The van der Waals surface area contributed by atoms with Crippen molar-refractivity contribution in [3.05, 3.63) is 29.8 Å². The summed E-state index contributed by atoms with van der Waals surface area (Å²) in [5, 5.41) is 2.68. The minimum atomic E-state index is -4.47. The molecule has 5 nitrogen and oxygen atoms in total. The number of hydrogen-bond donors (Lipinski definition) is 2. The largest absolute Gasteiger partial charge is 0.416 e. The first-order valence-corrected chi connectivity index (χ1v) is 7.19. The molecule has 1 saturated heterocycles. The normalized spacial score (nSPS) is 19.0. The van der Waals surface area contributed by atoms with Crippen molar-refractivity contribution in [1.82, 2.24) is 5.32 Å². The molecule has 2 rings (SSSR count). The highest BCUT2D eigenvalue weighted by molar-refractivity contribution is 5.97. The number of alkyl halides is 3. The highest BCUT2D eigenvalue weighted by Gasteiger charge is 2.34. The summed E-state index contributed by atoms with van der Waals surface area (Å²) in [5.74, 6) is -0.598. The molecule has 1 aliphatic heterocycles. The third kappa shape index (κ3) is 5.10. The van der Waals surface area contributed by atoms with Crippen molar-refractivity contribution in [1.29, 1.82) is 0 Å². The zero-order chi connectivity index (χ0) is 17.2. The molecule has 9 heteroatoms. The highest BCUT2D eigenvalue weighted by Crippen LogP contribution is 2.32. The van der Waals surface area contributed by atoms with Crippen LogP contribution in [0.5, 0.6) is 0 Å². The van der Waals surface area contributed by atoms with Gasteiger partial charge in [-0.05, 0) is 25.1 Å². The Kier molecular flexibility index (Phi) is 6.62. The molecule has 0 aromatic heterocycles. The Morgan fingerprint density at radius 2 is 2.12 bits per heavy atom. The molecule has 1 heterocycles. The predicted molar refractivity (Wildman–Crippen MR) is 85.9 cm³/mol. The van der Waals surface area contributed by atoms with Gasteiger partial charge < -0.3 is 16.0 Å². The zero-order valence-electron chi connectivity index (χ0n) is 13.0. The molecule has 134 valence electrons. The number of halogens is 4. The van der Waals surface area contributed by atoms with Gasteiger partial charge in [0, 0.05) is 31.1 Å². The van der Waals surface area contributed by atoms with Crippen molar-refractivity contribution >= 4 is 29.9 Å². The molecule has 2 amide bonds. The summed E-state index contributed by atoms with van der Waals surface area (Å²) < 4.78 is 38.2. The molecule has 0 aliphatic carbocycles. The average molecular weight is 366 g/mol. The SMILES string of the molecule is CC(N)CC(=O)NC1CC(=O)N(c2cccc(C(F)(F)F)c2)C1.Cl. The van der Waals surface area contributed by atoms with Crippen LogP contribution in [0, 0.1) is 0 Å². The van der Waals surface area contributed by atoms with Gasteiger partial charge in [-0.3, -0.25) is 9.59 Å². The van der Waals surface area contributed by atoms with Gasteiger partial charge in [-0.25, -0.2) is 0 Å². The lowest BCUT2D eigenvalue weighted by molar-refractivity contribution is -0.137. The fourth-order valence-electron chi connectivity index (χ4n) is 2.48. The predicted octanol–water partition coefficient (Wildman–Crippen LogP) is 2.09. The Bertz CT molecular complexity index is 608. The lowest BCUT2D eigenvalue weighted by Gasteiger charge is -2.19. The number of nitrogens with one attached hydrogen (secondary N) is 1. The van der Waals surface area contributed by atoms with Gasteiger partial charge in [0.15, 0.2) is 0 Å². The number of rotatable bonds is 4. The molecule has 1 aliphatic rings. The van der Waals surface area contributed by atoms with Gasteiger partial charge in [-0.2, -0.15) is 13.2 Å². The fraction of sp³-hybridized carbons (Fsp3) is 0.467. The van der Waals surface area contributed by atoms with E-state index in [0.29, 0.717) is 0 Å². The van der Waals surface area contributed by atoms with Gasteiger partial charge in [0.1, 0.15) is 0 Å². The number of carbonyl (C=O) groups is 2. The Morgan fingerprint density at radius 1 is 1.46 bits per heavy atom. The average Bonchev–Trinajstić information content (AvgIpc) is 2.77. The smallest absolute Gasteiger partial charge is 0.351 e. The van der Waals surface area contributed by atoms with Crippen LogP contribution in [0.3, 0.4) is 0 Å². The molecular formula is C15H19ClF3N3O2. The van der Waals surface area contributed by atoms with Gasteiger partial charge in [0.05, 0.1) is 11.6 Å². The molecule has 2 atom stereocenters. The van der Waals surface area contributed by atoms with Crippen molar-refractivity contribution < 1.29 is 22.8 Å². The van der Waals surface area contributed by atoms with Crippen LogP contribution in [-0.2, 0) is 15.8 Å². The summed E-state index contributed by atoms with van der Waals surface area (Å²) in [6.45, 7) is 1.83. The number of anilines is 1. The molecule has 3 N–H and O–H groups in total. The van der Waals surface area contributed by atoms with Gasteiger partial charge in [0.25, 0.3) is 0 Å². The topological polar surface area (TPSA) is 75.4 Å². The minimum Gasteiger partial charge on any atom is -0.351 e. The summed E-state index contributed by atoms with van der Waals surface area (Å²) in [6, 6.07) is 3.86. The summed E-state index contributed by atoms with van der Waals surface area (Å²) in [5.41, 5.74) is 4.89. The van der Waals surface area contributed by atoms with Crippen LogP contribution in [0.1, 0.15) is 25.3 Å². The van der Waals surface area contributed by atoms with E-state index in [2.05, 4.69) is 5.32 Å². The van der Waals surface area contributed by atoms with Crippen LogP contribution < -0.4 is 16.0 Å². The first-order chi connectivity index (χ1) is 10.7. The summed E-state index contributed by atoms with van der Waals surface area (Å²) >= 11 is 0. The van der Waals surface area contributed by atoms with Gasteiger partial charge in [-0.1, -0.05) is 6.07 Å². The van der Waals surface area contributed by atoms with Crippen LogP contribution in [0.25, 0.3) is 0 Å². The minimum absolute atomic E-state index is 0. The van der Waals surface area contributed by atoms with Gasteiger partial charge in [0.2, 0.25) is 11.8 Å². The second-order valence-electron chi connectivity index (χ2n) is 5.70. The van der Waals surface area contributed by atoms with Crippen molar-refractivity contribution in [3.63, 3.8) is 0 Å². The zero-order valence-corrected chi connectivity index (χ0v) is 13.8. The summed E-state index contributed by atoms with van der Waals surface area (Å²) in [4.78, 5) is 24.9. The number of nitrogens with two attached hydrogens (primary N) is 1. The van der Waals surface area contributed by atoms with E-state index < -0.39 is 17.8 Å². The highest BCUT2D eigenvalue weighted by atomic mass is 35.5. The molecule has 0 radical (unpaired) electrons. The second kappa shape index (κ2) is 7.85. The third-order valence-electron chi connectivity index (χ3n) is 3.48. The number of nitrogens with zero attached hydrogens (tertiary/aromatic N) is 1. The molecule has 0 bridgehead atoms. The maximum absolute atomic E-state index is 12.7. The quantitative estimate of drug-likeness (QED) is 0.857. The molecule has 0 saturated carbocycles. The van der Waals surface area contributed by atoms with Crippen molar-refractivity contribution in [2.24, 2.45) is 5.73 Å². The molecule has 1 fully saturated rings. The van der Waals surface area contributed by atoms with Crippen LogP contribution in [0.15, 0.2) is 24.3 Å². The van der Waals surface area contributed by atoms with Crippen molar-refractivity contribution in [3.8, 4) is 0 Å². The van der Waals surface area contributed by atoms with E-state index in [1.54, 1.807) is 6.92 Å². The lowest BCUT2D eigenvalue weighted by atomic mass is 10.2. The molecular weight excluding hydrogens is 347 g/mol. The Balaban J connectivity index is 0.00000288. The van der Waals surface area contributed by atoms with E-state index in [1.807, 2.05) is 0 Å². The van der Waals surface area contributed by atoms with E-state index in [4.69, 9.17) is 5.73 Å². The van der Waals surface area contributed by atoms with Crippen LogP contribution in [0.2, 0.25) is 0 Å². The first kappa shape index (κ1) is 20.2. The number of carbonyl (C=O) groups excluding carboxylic acids is 2. The number of hydrogen-bond acceptors (Lipinski definition) is 3. The van der Waals surface area contributed by atoms with Gasteiger partial charge >= 0.3 is 6.18 Å². The summed E-state index contributed by atoms with van der Waals surface area (Å²) in [7, 11) is 0. The van der Waals surface area contributed by atoms with Crippen molar-refractivity contribution in [2.75, 3.05) is 11.4 Å². The van der Waals surface area contributed by atoms with E-state index in [9.17, 15) is 22.8 Å². The molecule has 2 unspecified atom stereocenters. The van der Waals surface area contributed by atoms with Crippen LogP contribution in [-0.4, -0.2) is 30.4 Å². The molecule has 24 heavy (non-hydrogen) atoms. The molecule has 0 spiro atoms. The van der Waals surface area contributed by atoms with Crippen molar-refractivity contribution in [2.45, 2.75) is 38.0 Å². The Labute approximate surface area is 143 Å². The third-order valence-corrected chi connectivity index (χ3v) is 3.48. The maximum Gasteiger partial charge on any atom is 0.416 e. The lowest BCUT2D eigenvalue weighted by Crippen LogP contribution is -2.39.